The summed E-state index contributed by atoms with van der Waals surface area (Å²) in [4.78, 5) is 2.27. The van der Waals surface area contributed by atoms with Crippen LogP contribution in [0.25, 0.3) is 0 Å². The summed E-state index contributed by atoms with van der Waals surface area (Å²) in [6.45, 7) is 0. The van der Waals surface area contributed by atoms with Gasteiger partial charge in [-0.25, -0.2) is 8.78 Å². The van der Waals surface area contributed by atoms with Gasteiger partial charge in [0, 0.05) is 0 Å². The lowest BCUT2D eigenvalue weighted by atomic mass is 10.2. The van der Waals surface area contributed by atoms with Crippen molar-refractivity contribution in [3.63, 3.8) is 0 Å². The topological polar surface area (TPSA) is 71.5 Å². The number of nitrogens with two attached hydrogens (primary N) is 1. The van der Waals surface area contributed by atoms with Crippen molar-refractivity contribution in [3.05, 3.63) is 29.1 Å². The number of hydrogen-bond acceptors (Lipinski definition) is 3. The van der Waals surface area contributed by atoms with Gasteiger partial charge in [0.25, 0.3) is 11.9 Å². The van der Waals surface area contributed by atoms with Crippen molar-refractivity contribution in [1.29, 1.82) is 0 Å². The molecule has 1 heterocycles. The van der Waals surface area contributed by atoms with Gasteiger partial charge in [0.05, 0.1) is 0 Å². The highest BCUT2D eigenvalue weighted by atomic mass is 19.2. The molecule has 0 amide bonds. The van der Waals surface area contributed by atoms with E-state index in [1.807, 2.05) is 0 Å². The highest BCUT2D eigenvalue weighted by Crippen LogP contribution is 2.15. The number of rotatable bonds is 1. The summed E-state index contributed by atoms with van der Waals surface area (Å²) in [7, 11) is 0. The quantitative estimate of drug-likeness (QED) is 0.179. The molecule has 1 aromatic rings. The third-order valence-corrected chi connectivity index (χ3v) is 1.36. The molecule has 0 atom stereocenters. The fourth-order valence-electron chi connectivity index (χ4n) is 0.762. The Morgan fingerprint density at radius 3 is 1.93 bits per heavy atom. The number of halogens is 4. The average Bonchev–Trinajstić information content (AvgIpc) is 2.15. The molecule has 8 heteroatoms. The van der Waals surface area contributed by atoms with Crippen molar-refractivity contribution >= 4 is 5.84 Å². The predicted molar refractivity (Wildman–Crippen MR) is 36.6 cm³/mol. The first-order valence-corrected chi connectivity index (χ1v) is 3.17. The second-order valence-electron chi connectivity index (χ2n) is 2.18. The molecule has 0 unspecified atom stereocenters. The van der Waals surface area contributed by atoms with E-state index in [-0.39, 0.29) is 0 Å². The molecule has 0 spiro atoms. The fraction of sp³-hybridized carbons (Fsp3) is 0. The third kappa shape index (κ3) is 1.45. The van der Waals surface area contributed by atoms with E-state index in [9.17, 15) is 17.6 Å². The number of pyridine rings is 1. The Morgan fingerprint density at radius 2 is 1.57 bits per heavy atom. The SMILES string of the molecule is NC(=NO)c1c(F)c(F)nc(F)c1F. The number of amidine groups is 1. The molecule has 0 aliphatic heterocycles. The van der Waals surface area contributed by atoms with Crippen LogP contribution in [0.5, 0.6) is 0 Å². The number of nitrogens with zero attached hydrogens (tertiary/aromatic N) is 2. The molecule has 0 radical (unpaired) electrons. The van der Waals surface area contributed by atoms with Crippen LogP contribution >= 0.6 is 0 Å². The van der Waals surface area contributed by atoms with Crippen molar-refractivity contribution in [2.24, 2.45) is 10.9 Å². The Hall–Kier alpha value is -1.86. The van der Waals surface area contributed by atoms with Gasteiger partial charge in [-0.2, -0.15) is 13.8 Å². The van der Waals surface area contributed by atoms with Crippen molar-refractivity contribution < 1.29 is 22.8 Å². The zero-order chi connectivity index (χ0) is 10.9. The summed E-state index contributed by atoms with van der Waals surface area (Å²) in [5.74, 6) is -8.46. The van der Waals surface area contributed by atoms with Gasteiger partial charge in [-0.3, -0.25) is 0 Å². The maximum absolute atomic E-state index is 12.8. The fourth-order valence-corrected chi connectivity index (χ4v) is 0.762. The molecule has 1 aromatic heterocycles. The molecule has 76 valence electrons. The van der Waals surface area contributed by atoms with Gasteiger partial charge in [0.2, 0.25) is 0 Å². The predicted octanol–water partition coefficient (Wildman–Crippen LogP) is 0.733. The van der Waals surface area contributed by atoms with Crippen LogP contribution in [0, 0.1) is 23.5 Å². The maximum atomic E-state index is 12.8. The molecule has 0 aromatic carbocycles. The van der Waals surface area contributed by atoms with Crippen LogP contribution in [-0.2, 0) is 0 Å². The van der Waals surface area contributed by atoms with Gasteiger partial charge >= 0.3 is 0 Å². The summed E-state index contributed by atoms with van der Waals surface area (Å²) < 4.78 is 50.4. The van der Waals surface area contributed by atoms with E-state index in [0.29, 0.717) is 0 Å². The summed E-state index contributed by atoms with van der Waals surface area (Å²) in [6, 6.07) is 0. The van der Waals surface area contributed by atoms with E-state index in [4.69, 9.17) is 10.9 Å². The lowest BCUT2D eigenvalue weighted by Gasteiger charge is -2.03. The Kier molecular flexibility index (Phi) is 2.54. The lowest BCUT2D eigenvalue weighted by molar-refractivity contribution is 0.317. The molecule has 0 aliphatic rings. The highest BCUT2D eigenvalue weighted by Gasteiger charge is 2.23. The zero-order valence-corrected chi connectivity index (χ0v) is 6.43. The smallest absolute Gasteiger partial charge is 0.252 e. The molecule has 1 rings (SSSR count). The minimum absolute atomic E-state index is 1.08. The molecule has 0 bridgehead atoms. The lowest BCUT2D eigenvalue weighted by Crippen LogP contribution is -2.20. The third-order valence-electron chi connectivity index (χ3n) is 1.36. The van der Waals surface area contributed by atoms with Crippen molar-refractivity contribution in [2.75, 3.05) is 0 Å². The second kappa shape index (κ2) is 3.48. The Morgan fingerprint density at radius 1 is 1.14 bits per heavy atom. The summed E-state index contributed by atoms with van der Waals surface area (Å²) in [6.07, 6.45) is 0. The Labute approximate surface area is 74.7 Å². The normalized spacial score (nSPS) is 11.9. The number of aromatic nitrogens is 1. The Balaban J connectivity index is 3.55. The minimum atomic E-state index is -1.87. The molecular weight excluding hydrogens is 206 g/mol. The van der Waals surface area contributed by atoms with E-state index in [2.05, 4.69) is 10.1 Å². The van der Waals surface area contributed by atoms with Crippen LogP contribution in [0.4, 0.5) is 17.6 Å². The van der Waals surface area contributed by atoms with Crippen LogP contribution < -0.4 is 5.73 Å². The summed E-state index contributed by atoms with van der Waals surface area (Å²) >= 11 is 0. The standard InChI is InChI=1S/C6H3F4N3O/c7-2-1(6(11)13-14)3(8)5(10)12-4(2)9/h14H,(H2,11,13). The van der Waals surface area contributed by atoms with E-state index in [0.717, 1.165) is 0 Å². The van der Waals surface area contributed by atoms with Crippen molar-refractivity contribution in [3.8, 4) is 0 Å². The van der Waals surface area contributed by atoms with Gasteiger partial charge in [0.15, 0.2) is 17.5 Å². The number of oxime groups is 1. The van der Waals surface area contributed by atoms with Gasteiger partial charge in [-0.1, -0.05) is 5.16 Å². The van der Waals surface area contributed by atoms with Crippen LogP contribution in [0.15, 0.2) is 5.16 Å². The van der Waals surface area contributed by atoms with Crippen molar-refractivity contribution in [1.82, 2.24) is 4.98 Å². The maximum Gasteiger partial charge on any atom is 0.252 e. The summed E-state index contributed by atoms with van der Waals surface area (Å²) in [5, 5.41) is 10.3. The Bertz CT molecular complexity index is 380. The first-order chi connectivity index (χ1) is 6.49. The first kappa shape index (κ1) is 10.2. The highest BCUT2D eigenvalue weighted by molar-refractivity contribution is 5.97. The zero-order valence-electron chi connectivity index (χ0n) is 6.43. The van der Waals surface area contributed by atoms with Crippen molar-refractivity contribution in [2.45, 2.75) is 0 Å². The monoisotopic (exact) mass is 209 g/mol. The minimum Gasteiger partial charge on any atom is -0.409 e. The van der Waals surface area contributed by atoms with E-state index < -0.39 is 34.9 Å². The molecule has 0 aliphatic carbocycles. The molecular formula is C6H3F4N3O. The molecule has 3 N–H and O–H groups in total. The van der Waals surface area contributed by atoms with Gasteiger partial charge in [-0.15, -0.1) is 0 Å². The van der Waals surface area contributed by atoms with Gasteiger partial charge in [-0.05, 0) is 0 Å². The largest absolute Gasteiger partial charge is 0.409 e. The van der Waals surface area contributed by atoms with E-state index in [1.54, 1.807) is 0 Å². The van der Waals surface area contributed by atoms with Gasteiger partial charge < -0.3 is 10.9 Å². The molecule has 0 fully saturated rings. The first-order valence-electron chi connectivity index (χ1n) is 3.17. The average molecular weight is 209 g/mol. The summed E-state index contributed by atoms with van der Waals surface area (Å²) in [5.41, 5.74) is 3.50. The van der Waals surface area contributed by atoms with E-state index >= 15 is 0 Å². The molecule has 0 saturated heterocycles. The molecule has 14 heavy (non-hydrogen) atoms. The molecule has 4 nitrogen and oxygen atoms in total. The van der Waals surface area contributed by atoms with Crippen LogP contribution in [0.2, 0.25) is 0 Å². The van der Waals surface area contributed by atoms with Crippen LogP contribution in [0.1, 0.15) is 5.56 Å². The second-order valence-corrected chi connectivity index (χ2v) is 2.18. The molecule has 0 saturated carbocycles. The van der Waals surface area contributed by atoms with Crippen LogP contribution in [-0.4, -0.2) is 16.0 Å². The van der Waals surface area contributed by atoms with Crippen LogP contribution in [0.3, 0.4) is 0 Å². The van der Waals surface area contributed by atoms with Gasteiger partial charge in [0.1, 0.15) is 5.56 Å². The number of hydrogen-bond donors (Lipinski definition) is 2. The van der Waals surface area contributed by atoms with E-state index in [1.165, 1.54) is 0 Å².